The van der Waals surface area contributed by atoms with Gasteiger partial charge in [-0.1, -0.05) is 169 Å². The summed E-state index contributed by atoms with van der Waals surface area (Å²) < 4.78 is 1.33. The summed E-state index contributed by atoms with van der Waals surface area (Å²) in [7, 11) is 0. The first-order valence-corrected chi connectivity index (χ1v) is 15.9. The first-order chi connectivity index (χ1) is 21.8. The molecule has 0 nitrogen and oxygen atoms in total. The smallest absolute Gasteiger partial charge is 0.0446 e. The number of fused-ring (bicyclic) bond motifs is 3. The van der Waals surface area contributed by atoms with Crippen molar-refractivity contribution in [3.05, 3.63) is 169 Å². The molecule has 1 heterocycles. The van der Waals surface area contributed by atoms with E-state index in [1.54, 1.807) is 0 Å². The molecular weight excluding hydrogens is 549 g/mol. The minimum atomic E-state index is 1.23. The van der Waals surface area contributed by atoms with Gasteiger partial charge in [0, 0.05) is 26.1 Å². The Balaban J connectivity index is 1.52. The molecule has 0 bridgehead atoms. The van der Waals surface area contributed by atoms with Crippen LogP contribution in [0.15, 0.2) is 164 Å². The van der Waals surface area contributed by atoms with E-state index in [9.17, 15) is 0 Å². The molecule has 0 aliphatic heterocycles. The van der Waals surface area contributed by atoms with Crippen LogP contribution in [0.2, 0.25) is 0 Å². The van der Waals surface area contributed by atoms with E-state index in [1.165, 1.54) is 81.4 Å². The van der Waals surface area contributed by atoms with Crippen LogP contribution >= 0.6 is 11.3 Å². The molecule has 44 heavy (non-hydrogen) atoms. The van der Waals surface area contributed by atoms with Crippen molar-refractivity contribution in [1.29, 1.82) is 0 Å². The Morgan fingerprint density at radius 1 is 0.341 bits per heavy atom. The molecule has 1 heteroatoms. The molecular formula is C43H30S. The standard InChI is InChI=1S/C43H30S/c1-29-21-23-33(24-22-29)38-36-19-11-12-20-37(36)41-40(34-27-25-31(26-28-34)30-13-5-2-6-14-30)42(35-17-9-4-10-18-35)44-43(41)39(38)32-15-7-3-8-16-32/h2-28H,1H3. The zero-order valence-electron chi connectivity index (χ0n) is 24.5. The molecule has 1 aromatic heterocycles. The van der Waals surface area contributed by atoms with Crippen LogP contribution < -0.4 is 0 Å². The molecule has 8 aromatic rings. The zero-order valence-corrected chi connectivity index (χ0v) is 25.3. The number of benzene rings is 7. The lowest BCUT2D eigenvalue weighted by molar-refractivity contribution is 1.47. The minimum absolute atomic E-state index is 1.23. The fraction of sp³-hybridized carbons (Fsp3) is 0.0233. The second-order valence-corrected chi connectivity index (χ2v) is 12.4. The van der Waals surface area contributed by atoms with E-state index in [1.807, 2.05) is 11.3 Å². The minimum Gasteiger partial charge on any atom is -0.134 e. The van der Waals surface area contributed by atoms with Gasteiger partial charge in [0.05, 0.1) is 0 Å². The maximum absolute atomic E-state index is 2.31. The molecule has 0 aliphatic rings. The topological polar surface area (TPSA) is 0 Å². The lowest BCUT2D eigenvalue weighted by atomic mass is 9.85. The summed E-state index contributed by atoms with van der Waals surface area (Å²) in [5.41, 5.74) is 12.6. The second kappa shape index (κ2) is 11.1. The Hall–Kier alpha value is -5.24. The zero-order chi connectivity index (χ0) is 29.5. The largest absolute Gasteiger partial charge is 0.134 e. The van der Waals surface area contributed by atoms with Crippen molar-refractivity contribution >= 4 is 32.2 Å². The van der Waals surface area contributed by atoms with E-state index in [2.05, 4.69) is 171 Å². The van der Waals surface area contributed by atoms with Gasteiger partial charge in [-0.3, -0.25) is 0 Å². The first kappa shape index (κ1) is 26.4. The fourth-order valence-corrected chi connectivity index (χ4v) is 7.88. The maximum atomic E-state index is 2.31. The monoisotopic (exact) mass is 578 g/mol. The molecule has 0 unspecified atom stereocenters. The van der Waals surface area contributed by atoms with Gasteiger partial charge in [-0.05, 0) is 56.6 Å². The molecule has 0 aliphatic carbocycles. The molecule has 0 N–H and O–H groups in total. The van der Waals surface area contributed by atoms with E-state index < -0.39 is 0 Å². The Morgan fingerprint density at radius 3 is 1.41 bits per heavy atom. The van der Waals surface area contributed by atoms with Crippen molar-refractivity contribution in [2.45, 2.75) is 6.92 Å². The van der Waals surface area contributed by atoms with Crippen molar-refractivity contribution in [2.75, 3.05) is 0 Å². The number of hydrogen-bond acceptors (Lipinski definition) is 1. The molecule has 0 saturated carbocycles. The lowest BCUT2D eigenvalue weighted by Crippen LogP contribution is -1.91. The molecule has 0 fully saturated rings. The SMILES string of the molecule is Cc1ccc(-c2c(-c3ccccc3)c3sc(-c4ccccc4)c(-c4ccc(-c5ccccc5)cc4)c3c3ccccc23)cc1. The number of hydrogen-bond donors (Lipinski definition) is 0. The summed E-state index contributed by atoms with van der Waals surface area (Å²) in [6.07, 6.45) is 0. The molecule has 0 amide bonds. The highest BCUT2D eigenvalue weighted by molar-refractivity contribution is 7.23. The van der Waals surface area contributed by atoms with E-state index in [-0.39, 0.29) is 0 Å². The summed E-state index contributed by atoms with van der Waals surface area (Å²) in [5, 5.41) is 3.90. The Bertz CT molecular complexity index is 2220. The van der Waals surface area contributed by atoms with E-state index >= 15 is 0 Å². The third kappa shape index (κ3) is 4.54. The van der Waals surface area contributed by atoms with Crippen molar-refractivity contribution in [2.24, 2.45) is 0 Å². The van der Waals surface area contributed by atoms with Crippen LogP contribution in [0.1, 0.15) is 5.56 Å². The maximum Gasteiger partial charge on any atom is 0.0446 e. The van der Waals surface area contributed by atoms with Crippen molar-refractivity contribution in [1.82, 2.24) is 0 Å². The van der Waals surface area contributed by atoms with Crippen molar-refractivity contribution < 1.29 is 0 Å². The van der Waals surface area contributed by atoms with Gasteiger partial charge in [0.1, 0.15) is 0 Å². The second-order valence-electron chi connectivity index (χ2n) is 11.3. The first-order valence-electron chi connectivity index (χ1n) is 15.1. The summed E-state index contributed by atoms with van der Waals surface area (Å²) in [5.74, 6) is 0. The summed E-state index contributed by atoms with van der Waals surface area (Å²) in [6, 6.07) is 59.6. The van der Waals surface area contributed by atoms with Crippen LogP contribution in [-0.2, 0) is 0 Å². The molecule has 0 spiro atoms. The van der Waals surface area contributed by atoms with Crippen LogP contribution in [0.25, 0.3) is 75.8 Å². The van der Waals surface area contributed by atoms with E-state index in [0.717, 1.165) is 0 Å². The molecule has 0 atom stereocenters. The highest BCUT2D eigenvalue weighted by Crippen LogP contribution is 2.54. The third-order valence-electron chi connectivity index (χ3n) is 8.57. The predicted octanol–water partition coefficient (Wildman–Crippen LogP) is 12.7. The van der Waals surface area contributed by atoms with Crippen LogP contribution in [-0.4, -0.2) is 0 Å². The molecule has 8 rings (SSSR count). The lowest BCUT2D eigenvalue weighted by Gasteiger charge is -2.17. The summed E-state index contributed by atoms with van der Waals surface area (Å²) in [4.78, 5) is 1.30. The molecule has 208 valence electrons. The van der Waals surface area contributed by atoms with Gasteiger partial charge in [-0.15, -0.1) is 11.3 Å². The molecule has 0 saturated heterocycles. The quantitative estimate of drug-likeness (QED) is 0.191. The van der Waals surface area contributed by atoms with Crippen LogP contribution in [0, 0.1) is 6.92 Å². The third-order valence-corrected chi connectivity index (χ3v) is 9.83. The number of rotatable bonds is 5. The van der Waals surface area contributed by atoms with E-state index in [4.69, 9.17) is 0 Å². The van der Waals surface area contributed by atoms with Gasteiger partial charge in [0.15, 0.2) is 0 Å². The number of thiophene rings is 1. The Labute approximate surface area is 262 Å². The molecule has 0 radical (unpaired) electrons. The van der Waals surface area contributed by atoms with Gasteiger partial charge in [-0.25, -0.2) is 0 Å². The van der Waals surface area contributed by atoms with Gasteiger partial charge in [0.2, 0.25) is 0 Å². The van der Waals surface area contributed by atoms with Gasteiger partial charge >= 0.3 is 0 Å². The van der Waals surface area contributed by atoms with Crippen molar-refractivity contribution in [3.8, 4) is 54.9 Å². The van der Waals surface area contributed by atoms with Crippen LogP contribution in [0.5, 0.6) is 0 Å². The highest BCUT2D eigenvalue weighted by atomic mass is 32.1. The Morgan fingerprint density at radius 2 is 0.773 bits per heavy atom. The van der Waals surface area contributed by atoms with Crippen LogP contribution in [0.4, 0.5) is 0 Å². The average Bonchev–Trinajstić information content (AvgIpc) is 3.50. The molecule has 7 aromatic carbocycles. The summed E-state index contributed by atoms with van der Waals surface area (Å²) >= 11 is 1.92. The average molecular weight is 579 g/mol. The van der Waals surface area contributed by atoms with Crippen LogP contribution in [0.3, 0.4) is 0 Å². The fourth-order valence-electron chi connectivity index (χ4n) is 6.46. The number of aryl methyl sites for hydroxylation is 1. The van der Waals surface area contributed by atoms with Gasteiger partial charge < -0.3 is 0 Å². The normalized spacial score (nSPS) is 11.3. The van der Waals surface area contributed by atoms with Crippen molar-refractivity contribution in [3.63, 3.8) is 0 Å². The van der Waals surface area contributed by atoms with Gasteiger partial charge in [-0.2, -0.15) is 0 Å². The summed E-state index contributed by atoms with van der Waals surface area (Å²) in [6.45, 7) is 2.16. The highest BCUT2D eigenvalue weighted by Gasteiger charge is 2.25. The Kier molecular flexibility index (Phi) is 6.67. The van der Waals surface area contributed by atoms with Gasteiger partial charge in [0.25, 0.3) is 0 Å². The van der Waals surface area contributed by atoms with E-state index in [0.29, 0.717) is 0 Å². The predicted molar refractivity (Wildman–Crippen MR) is 191 cm³/mol.